The summed E-state index contributed by atoms with van der Waals surface area (Å²) in [7, 11) is 0. The topological polar surface area (TPSA) is 65.5 Å². The fourth-order valence-corrected chi connectivity index (χ4v) is 2.82. The number of hydrogen-bond acceptors (Lipinski definition) is 4. The molecule has 120 valence electrons. The van der Waals surface area contributed by atoms with Crippen molar-refractivity contribution >= 4 is 17.4 Å². The van der Waals surface area contributed by atoms with E-state index in [2.05, 4.69) is 15.2 Å². The smallest absolute Gasteiger partial charge is 0.257 e. The number of aromatic nitrogens is 1. The number of aliphatic hydroxyl groups excluding tert-OH is 1. The maximum Gasteiger partial charge on any atom is 0.257 e. The Hall–Kier alpha value is -2.40. The molecule has 0 unspecified atom stereocenters. The van der Waals surface area contributed by atoms with Crippen molar-refractivity contribution < 1.29 is 9.90 Å². The van der Waals surface area contributed by atoms with Crippen LogP contribution >= 0.6 is 0 Å². The molecule has 1 atom stereocenters. The number of rotatable bonds is 4. The Morgan fingerprint density at radius 3 is 2.61 bits per heavy atom. The molecule has 0 saturated carbocycles. The Morgan fingerprint density at radius 2 is 1.96 bits per heavy atom. The number of para-hydroxylation sites is 1. The summed E-state index contributed by atoms with van der Waals surface area (Å²) < 4.78 is 0. The van der Waals surface area contributed by atoms with Crippen molar-refractivity contribution in [2.45, 2.75) is 25.9 Å². The molecule has 2 aromatic rings. The Balaban J connectivity index is 1.73. The van der Waals surface area contributed by atoms with E-state index in [1.54, 1.807) is 31.3 Å². The first-order valence-electron chi connectivity index (χ1n) is 7.94. The summed E-state index contributed by atoms with van der Waals surface area (Å²) in [5.41, 5.74) is 1.83. The zero-order chi connectivity index (χ0) is 16.2. The maximum absolute atomic E-state index is 12.4. The van der Waals surface area contributed by atoms with Crippen molar-refractivity contribution in [3.8, 4) is 0 Å². The molecule has 1 amide bonds. The number of carbonyl (C=O) groups excluding carboxylic acids is 1. The average Bonchev–Trinajstić information content (AvgIpc) is 3.10. The summed E-state index contributed by atoms with van der Waals surface area (Å²) in [6.07, 6.45) is 3.36. The monoisotopic (exact) mass is 311 g/mol. The molecule has 1 fully saturated rings. The lowest BCUT2D eigenvalue weighted by atomic mass is 10.1. The maximum atomic E-state index is 12.4. The first-order chi connectivity index (χ1) is 11.1. The second-order valence-corrected chi connectivity index (χ2v) is 5.82. The molecule has 1 aromatic carbocycles. The molecular formula is C18H21N3O2. The van der Waals surface area contributed by atoms with Gasteiger partial charge in [-0.1, -0.05) is 18.2 Å². The van der Waals surface area contributed by atoms with Crippen LogP contribution < -0.4 is 10.2 Å². The Bertz CT molecular complexity index is 677. The van der Waals surface area contributed by atoms with Crippen molar-refractivity contribution in [2.24, 2.45) is 0 Å². The van der Waals surface area contributed by atoms with Gasteiger partial charge in [0.25, 0.3) is 5.91 Å². The highest BCUT2D eigenvalue weighted by molar-refractivity contribution is 6.04. The summed E-state index contributed by atoms with van der Waals surface area (Å²) in [5.74, 6) is 0.696. The number of aliphatic hydroxyl groups is 1. The third kappa shape index (κ3) is 3.51. The summed E-state index contributed by atoms with van der Waals surface area (Å²) in [6.45, 7) is 3.73. The molecule has 0 bridgehead atoms. The number of carbonyl (C=O) groups is 1. The number of benzene rings is 1. The standard InChI is InChI=1S/C18H21N3O2/c1-13(22)15-6-2-3-7-16(15)20-18(23)14-8-9-17(19-12-14)21-10-4-5-11-21/h2-3,6-9,12-13,22H,4-5,10-11H2,1H3,(H,20,23)/t13-/m0/s1. The third-order valence-electron chi connectivity index (χ3n) is 4.10. The molecule has 0 aliphatic carbocycles. The van der Waals surface area contributed by atoms with E-state index in [9.17, 15) is 9.90 Å². The fraction of sp³-hybridized carbons (Fsp3) is 0.333. The highest BCUT2D eigenvalue weighted by Gasteiger charge is 2.15. The van der Waals surface area contributed by atoms with Gasteiger partial charge >= 0.3 is 0 Å². The minimum Gasteiger partial charge on any atom is -0.389 e. The van der Waals surface area contributed by atoms with Crippen molar-refractivity contribution in [1.82, 2.24) is 4.98 Å². The van der Waals surface area contributed by atoms with E-state index < -0.39 is 6.10 Å². The van der Waals surface area contributed by atoms with Crippen LogP contribution in [-0.2, 0) is 0 Å². The number of anilines is 2. The number of amides is 1. The molecule has 3 rings (SSSR count). The van der Waals surface area contributed by atoms with E-state index in [4.69, 9.17) is 0 Å². The van der Waals surface area contributed by atoms with Gasteiger partial charge in [0, 0.05) is 30.5 Å². The lowest BCUT2D eigenvalue weighted by Crippen LogP contribution is -2.19. The Labute approximate surface area is 136 Å². The van der Waals surface area contributed by atoms with Gasteiger partial charge in [0.15, 0.2) is 0 Å². The Morgan fingerprint density at radius 1 is 1.22 bits per heavy atom. The van der Waals surface area contributed by atoms with Crippen LogP contribution in [0.25, 0.3) is 0 Å². The lowest BCUT2D eigenvalue weighted by molar-refractivity contribution is 0.102. The van der Waals surface area contributed by atoms with Crippen LogP contribution in [0.5, 0.6) is 0 Å². The first-order valence-corrected chi connectivity index (χ1v) is 7.94. The van der Waals surface area contributed by atoms with E-state index in [-0.39, 0.29) is 5.91 Å². The van der Waals surface area contributed by atoms with Crippen molar-refractivity contribution in [3.05, 3.63) is 53.7 Å². The van der Waals surface area contributed by atoms with Crippen LogP contribution in [0.15, 0.2) is 42.6 Å². The predicted octanol–water partition coefficient (Wildman–Crippen LogP) is 2.99. The molecule has 5 nitrogen and oxygen atoms in total. The van der Waals surface area contributed by atoms with Gasteiger partial charge in [-0.2, -0.15) is 0 Å². The van der Waals surface area contributed by atoms with E-state index >= 15 is 0 Å². The predicted molar refractivity (Wildman–Crippen MR) is 90.7 cm³/mol. The average molecular weight is 311 g/mol. The van der Waals surface area contributed by atoms with E-state index in [1.807, 2.05) is 18.2 Å². The van der Waals surface area contributed by atoms with Gasteiger partial charge in [0.05, 0.1) is 11.7 Å². The normalized spacial score (nSPS) is 15.5. The van der Waals surface area contributed by atoms with Gasteiger partial charge in [-0.25, -0.2) is 4.98 Å². The van der Waals surface area contributed by atoms with Crippen molar-refractivity contribution in [1.29, 1.82) is 0 Å². The van der Waals surface area contributed by atoms with Crippen LogP contribution in [0.4, 0.5) is 11.5 Å². The number of pyridine rings is 1. The summed E-state index contributed by atoms with van der Waals surface area (Å²) in [5, 5.41) is 12.6. The second-order valence-electron chi connectivity index (χ2n) is 5.82. The van der Waals surface area contributed by atoms with Crippen molar-refractivity contribution in [3.63, 3.8) is 0 Å². The second kappa shape index (κ2) is 6.79. The summed E-state index contributed by atoms with van der Waals surface area (Å²) in [6, 6.07) is 10.9. The zero-order valence-electron chi connectivity index (χ0n) is 13.2. The number of hydrogen-bond donors (Lipinski definition) is 2. The first kappa shape index (κ1) is 15.5. The lowest BCUT2D eigenvalue weighted by Gasteiger charge is -2.16. The van der Waals surface area contributed by atoms with Gasteiger partial charge in [-0.3, -0.25) is 4.79 Å². The molecule has 2 N–H and O–H groups in total. The molecule has 1 saturated heterocycles. The third-order valence-corrected chi connectivity index (χ3v) is 4.10. The Kier molecular flexibility index (Phi) is 4.57. The summed E-state index contributed by atoms with van der Waals surface area (Å²) in [4.78, 5) is 19.0. The van der Waals surface area contributed by atoms with Gasteiger partial charge in [0.2, 0.25) is 0 Å². The highest BCUT2D eigenvalue weighted by Crippen LogP contribution is 2.23. The van der Waals surface area contributed by atoms with Crippen LogP contribution in [0, 0.1) is 0 Å². The van der Waals surface area contributed by atoms with E-state index in [0.717, 1.165) is 18.9 Å². The minimum absolute atomic E-state index is 0.224. The quantitative estimate of drug-likeness (QED) is 0.911. The molecular weight excluding hydrogens is 290 g/mol. The number of nitrogens with zero attached hydrogens (tertiary/aromatic N) is 2. The fourth-order valence-electron chi connectivity index (χ4n) is 2.82. The number of nitrogens with one attached hydrogen (secondary N) is 1. The molecule has 0 spiro atoms. The molecule has 1 aliphatic heterocycles. The summed E-state index contributed by atoms with van der Waals surface area (Å²) >= 11 is 0. The SMILES string of the molecule is C[C@H](O)c1ccccc1NC(=O)c1ccc(N2CCCC2)nc1. The van der Waals surface area contributed by atoms with Gasteiger partial charge in [0.1, 0.15) is 5.82 Å². The molecule has 5 heteroatoms. The van der Waals surface area contributed by atoms with E-state index in [0.29, 0.717) is 16.8 Å². The molecule has 0 radical (unpaired) electrons. The van der Waals surface area contributed by atoms with Crippen LogP contribution in [-0.4, -0.2) is 29.1 Å². The van der Waals surface area contributed by atoms with Gasteiger partial charge in [-0.15, -0.1) is 0 Å². The minimum atomic E-state index is -0.637. The largest absolute Gasteiger partial charge is 0.389 e. The van der Waals surface area contributed by atoms with Gasteiger partial charge in [-0.05, 0) is 38.0 Å². The highest BCUT2D eigenvalue weighted by atomic mass is 16.3. The van der Waals surface area contributed by atoms with Crippen LogP contribution in [0.2, 0.25) is 0 Å². The molecule has 2 heterocycles. The van der Waals surface area contributed by atoms with Crippen molar-refractivity contribution in [2.75, 3.05) is 23.3 Å². The molecule has 1 aromatic heterocycles. The molecule has 1 aliphatic rings. The van der Waals surface area contributed by atoms with E-state index in [1.165, 1.54) is 12.8 Å². The van der Waals surface area contributed by atoms with Crippen LogP contribution in [0.3, 0.4) is 0 Å². The zero-order valence-corrected chi connectivity index (χ0v) is 13.2. The van der Waals surface area contributed by atoms with Crippen LogP contribution in [0.1, 0.15) is 41.8 Å². The molecule has 23 heavy (non-hydrogen) atoms. The van der Waals surface area contributed by atoms with Gasteiger partial charge < -0.3 is 15.3 Å².